The molecule has 4 nitrogen and oxygen atoms in total. The molecule has 4 unspecified atom stereocenters. The number of rotatable bonds is 11. The molecule has 1 saturated heterocycles. The van der Waals surface area contributed by atoms with Crippen molar-refractivity contribution in [3.05, 3.63) is 0 Å². The molecular weight excluding hydrogens is 324 g/mol. The molecule has 1 amide bonds. The second kappa shape index (κ2) is 10.7. The fourth-order valence-corrected chi connectivity index (χ4v) is 4.44. The molecule has 4 atom stereocenters. The Morgan fingerprint density at radius 1 is 1.04 bits per heavy atom. The fraction of sp³-hybridized carbons (Fsp3) is 0.955. The second-order valence-corrected chi connectivity index (χ2v) is 8.91. The first-order valence-electron chi connectivity index (χ1n) is 11.0. The predicted molar refractivity (Wildman–Crippen MR) is 109 cm³/mol. The van der Waals surface area contributed by atoms with Crippen LogP contribution in [0.5, 0.6) is 0 Å². The van der Waals surface area contributed by atoms with E-state index in [1.807, 2.05) is 0 Å². The van der Waals surface area contributed by atoms with Gasteiger partial charge in [-0.1, -0.05) is 66.2 Å². The standard InChI is InChI=1S/C22H44N2O2/c1-7-10-11-12-13-14-15-16-20(25)23-19-17-21(5,8-2)24(26)22(6,9-3)18(19)4/h18-19,26H,7-17H2,1-6H3,(H,23,25). The molecule has 0 aromatic rings. The van der Waals surface area contributed by atoms with E-state index < -0.39 is 0 Å². The monoisotopic (exact) mass is 368 g/mol. The Hall–Kier alpha value is -0.610. The molecule has 2 N–H and O–H groups in total. The molecule has 1 aliphatic heterocycles. The number of hydrogen-bond acceptors (Lipinski definition) is 3. The summed E-state index contributed by atoms with van der Waals surface area (Å²) in [4.78, 5) is 12.5. The summed E-state index contributed by atoms with van der Waals surface area (Å²) < 4.78 is 0. The topological polar surface area (TPSA) is 52.6 Å². The van der Waals surface area contributed by atoms with Gasteiger partial charge in [-0.05, 0) is 45.4 Å². The van der Waals surface area contributed by atoms with Crippen LogP contribution in [0, 0.1) is 5.92 Å². The highest BCUT2D eigenvalue weighted by atomic mass is 16.5. The minimum atomic E-state index is -0.305. The Balaban J connectivity index is 2.52. The van der Waals surface area contributed by atoms with Crippen molar-refractivity contribution >= 4 is 5.91 Å². The van der Waals surface area contributed by atoms with Gasteiger partial charge in [-0.25, -0.2) is 0 Å². The number of nitrogens with zero attached hydrogens (tertiary/aromatic N) is 1. The molecule has 0 bridgehead atoms. The summed E-state index contributed by atoms with van der Waals surface area (Å²) in [6, 6.07) is 0.130. The maximum absolute atomic E-state index is 12.5. The van der Waals surface area contributed by atoms with Crippen LogP contribution < -0.4 is 5.32 Å². The van der Waals surface area contributed by atoms with Gasteiger partial charge in [-0.2, -0.15) is 5.06 Å². The Morgan fingerprint density at radius 2 is 1.62 bits per heavy atom. The molecule has 0 aromatic heterocycles. The van der Waals surface area contributed by atoms with Crippen molar-refractivity contribution in [3.8, 4) is 0 Å². The normalized spacial score (nSPS) is 32.6. The van der Waals surface area contributed by atoms with Crippen LogP contribution in [0.1, 0.15) is 112 Å². The lowest BCUT2D eigenvalue weighted by Gasteiger charge is -2.57. The Bertz CT molecular complexity index is 428. The zero-order chi connectivity index (χ0) is 19.8. The Kier molecular flexibility index (Phi) is 9.60. The van der Waals surface area contributed by atoms with Gasteiger partial charge in [0.15, 0.2) is 0 Å². The van der Waals surface area contributed by atoms with E-state index in [0.717, 1.165) is 32.1 Å². The number of hydroxylamine groups is 2. The van der Waals surface area contributed by atoms with Crippen LogP contribution in [0.4, 0.5) is 0 Å². The first-order valence-corrected chi connectivity index (χ1v) is 11.0. The number of nitrogens with one attached hydrogen (secondary N) is 1. The minimum Gasteiger partial charge on any atom is -0.353 e. The number of carbonyl (C=O) groups is 1. The van der Waals surface area contributed by atoms with Gasteiger partial charge in [0.1, 0.15) is 0 Å². The van der Waals surface area contributed by atoms with Crippen LogP contribution in [0.25, 0.3) is 0 Å². The van der Waals surface area contributed by atoms with E-state index in [2.05, 4.69) is 46.9 Å². The lowest BCUT2D eigenvalue weighted by atomic mass is 9.68. The zero-order valence-electron chi connectivity index (χ0n) is 18.2. The summed E-state index contributed by atoms with van der Waals surface area (Å²) in [5.41, 5.74) is -0.589. The minimum absolute atomic E-state index is 0.130. The molecule has 1 rings (SSSR count). The maximum atomic E-state index is 12.5. The van der Waals surface area contributed by atoms with E-state index in [1.165, 1.54) is 32.1 Å². The van der Waals surface area contributed by atoms with Gasteiger partial charge in [0.25, 0.3) is 0 Å². The Labute approximate surface area is 162 Å². The van der Waals surface area contributed by atoms with Gasteiger partial charge in [0.2, 0.25) is 5.91 Å². The quantitative estimate of drug-likeness (QED) is 0.461. The lowest BCUT2D eigenvalue weighted by Crippen LogP contribution is -2.69. The van der Waals surface area contributed by atoms with Crippen LogP contribution in [0.2, 0.25) is 0 Å². The van der Waals surface area contributed by atoms with E-state index in [1.54, 1.807) is 5.06 Å². The van der Waals surface area contributed by atoms with Crippen LogP contribution in [0.3, 0.4) is 0 Å². The van der Waals surface area contributed by atoms with Crippen molar-refractivity contribution in [2.24, 2.45) is 5.92 Å². The highest BCUT2D eigenvalue weighted by Crippen LogP contribution is 2.44. The average molecular weight is 369 g/mol. The summed E-state index contributed by atoms with van der Waals surface area (Å²) in [6.07, 6.45) is 11.8. The van der Waals surface area contributed by atoms with E-state index >= 15 is 0 Å². The van der Waals surface area contributed by atoms with Gasteiger partial charge in [-0.15, -0.1) is 0 Å². The van der Waals surface area contributed by atoms with Crippen LogP contribution in [-0.2, 0) is 4.79 Å². The van der Waals surface area contributed by atoms with Crippen LogP contribution in [-0.4, -0.2) is 33.3 Å². The van der Waals surface area contributed by atoms with E-state index in [4.69, 9.17) is 0 Å². The highest BCUT2D eigenvalue weighted by molar-refractivity contribution is 5.76. The smallest absolute Gasteiger partial charge is 0.220 e. The number of unbranched alkanes of at least 4 members (excludes halogenated alkanes) is 6. The van der Waals surface area contributed by atoms with Gasteiger partial charge in [-0.3, -0.25) is 4.79 Å². The van der Waals surface area contributed by atoms with E-state index in [0.29, 0.717) is 6.42 Å². The van der Waals surface area contributed by atoms with E-state index in [-0.39, 0.29) is 28.9 Å². The summed E-state index contributed by atoms with van der Waals surface area (Å²) >= 11 is 0. The number of carbonyl (C=O) groups excluding carboxylic acids is 1. The SMILES string of the molecule is CCCCCCCCCC(=O)NC1CC(C)(CC)N(O)C(C)(CC)C1C. The first kappa shape index (κ1) is 23.4. The van der Waals surface area contributed by atoms with Crippen molar-refractivity contribution < 1.29 is 10.0 Å². The molecule has 4 heteroatoms. The molecule has 0 radical (unpaired) electrons. The molecule has 0 aliphatic carbocycles. The third-order valence-corrected chi connectivity index (χ3v) is 7.07. The van der Waals surface area contributed by atoms with Gasteiger partial charge in [0, 0.05) is 23.5 Å². The van der Waals surface area contributed by atoms with Gasteiger partial charge in [0.05, 0.1) is 0 Å². The van der Waals surface area contributed by atoms with Crippen molar-refractivity contribution in [1.82, 2.24) is 10.4 Å². The van der Waals surface area contributed by atoms with Gasteiger partial charge < -0.3 is 10.5 Å². The largest absolute Gasteiger partial charge is 0.353 e. The van der Waals surface area contributed by atoms with Crippen LogP contribution in [0.15, 0.2) is 0 Å². The lowest BCUT2D eigenvalue weighted by molar-refractivity contribution is -0.274. The van der Waals surface area contributed by atoms with Crippen molar-refractivity contribution in [2.75, 3.05) is 0 Å². The Morgan fingerprint density at radius 3 is 2.15 bits per heavy atom. The second-order valence-electron chi connectivity index (χ2n) is 8.91. The summed E-state index contributed by atoms with van der Waals surface area (Å²) in [5, 5.41) is 15.7. The molecule has 26 heavy (non-hydrogen) atoms. The number of piperidine rings is 1. The predicted octanol–water partition coefficient (Wildman–Crippen LogP) is 5.68. The highest BCUT2D eigenvalue weighted by Gasteiger charge is 2.52. The molecule has 154 valence electrons. The molecular formula is C22H44N2O2. The summed E-state index contributed by atoms with van der Waals surface area (Å²) in [6.45, 7) is 12.9. The van der Waals surface area contributed by atoms with Crippen LogP contribution >= 0.6 is 0 Å². The number of amides is 1. The van der Waals surface area contributed by atoms with Crippen molar-refractivity contribution in [1.29, 1.82) is 0 Å². The fourth-order valence-electron chi connectivity index (χ4n) is 4.44. The van der Waals surface area contributed by atoms with Crippen molar-refractivity contribution in [2.45, 2.75) is 129 Å². The molecule has 0 spiro atoms. The third kappa shape index (κ3) is 5.69. The van der Waals surface area contributed by atoms with Crippen molar-refractivity contribution in [3.63, 3.8) is 0 Å². The first-order chi connectivity index (χ1) is 12.2. The summed E-state index contributed by atoms with van der Waals surface area (Å²) in [5.74, 6) is 0.397. The molecule has 1 fully saturated rings. The van der Waals surface area contributed by atoms with E-state index in [9.17, 15) is 10.0 Å². The molecule has 0 saturated carbocycles. The maximum Gasteiger partial charge on any atom is 0.220 e. The zero-order valence-corrected chi connectivity index (χ0v) is 18.2. The summed E-state index contributed by atoms with van der Waals surface area (Å²) in [7, 11) is 0. The molecule has 1 heterocycles. The average Bonchev–Trinajstić information content (AvgIpc) is 2.63. The third-order valence-electron chi connectivity index (χ3n) is 7.07. The number of hydrogen-bond donors (Lipinski definition) is 2. The van der Waals surface area contributed by atoms with Gasteiger partial charge >= 0.3 is 0 Å². The molecule has 0 aromatic carbocycles. The molecule has 1 aliphatic rings.